The summed E-state index contributed by atoms with van der Waals surface area (Å²) >= 11 is 6.30. The van der Waals surface area contributed by atoms with E-state index in [-0.39, 0.29) is 15.7 Å². The average molecular weight is 553 g/mol. The van der Waals surface area contributed by atoms with Crippen LogP contribution < -0.4 is 19.2 Å². The third-order valence-corrected chi connectivity index (χ3v) is 7.53. The molecule has 0 fully saturated rings. The number of sulfonamides is 1. The van der Waals surface area contributed by atoms with Crippen LogP contribution >= 0.6 is 11.6 Å². The number of para-hydroxylation sites is 2. The van der Waals surface area contributed by atoms with Crippen molar-refractivity contribution in [2.45, 2.75) is 11.8 Å². The van der Waals surface area contributed by atoms with E-state index in [1.807, 2.05) is 6.07 Å². The number of nitrogens with zero attached hydrogens (tertiary/aromatic N) is 3. The molecule has 0 bridgehead atoms. The van der Waals surface area contributed by atoms with Gasteiger partial charge < -0.3 is 9.47 Å². The maximum Gasteiger partial charge on any atom is 0.264 e. The van der Waals surface area contributed by atoms with Crippen molar-refractivity contribution in [3.63, 3.8) is 0 Å². The highest BCUT2D eigenvalue weighted by Gasteiger charge is 2.29. The normalized spacial score (nSPS) is 11.4. The molecule has 0 aliphatic carbocycles. The number of halogens is 1. The molecule has 0 aliphatic rings. The van der Waals surface area contributed by atoms with Gasteiger partial charge in [0.2, 0.25) is 0 Å². The summed E-state index contributed by atoms with van der Waals surface area (Å²) in [6.07, 6.45) is 1.35. The number of hydrazone groups is 1. The first-order chi connectivity index (χ1) is 18.3. The largest absolute Gasteiger partial charge is 0.497 e. The number of pyridine rings is 1. The number of amides is 1. The Balaban J connectivity index is 1.58. The van der Waals surface area contributed by atoms with Crippen molar-refractivity contribution in [2.24, 2.45) is 5.10 Å². The van der Waals surface area contributed by atoms with Crippen LogP contribution in [-0.2, 0) is 14.8 Å². The molecule has 196 valence electrons. The molecule has 1 aromatic heterocycles. The molecule has 1 amide bonds. The summed E-state index contributed by atoms with van der Waals surface area (Å²) < 4.78 is 38.9. The van der Waals surface area contributed by atoms with E-state index in [0.29, 0.717) is 29.2 Å². The molecular weight excluding hydrogens is 528 g/mol. The molecule has 0 radical (unpaired) electrons. The number of carbonyl (C=O) groups is 1. The van der Waals surface area contributed by atoms with Crippen molar-refractivity contribution in [1.29, 1.82) is 0 Å². The van der Waals surface area contributed by atoms with Crippen LogP contribution in [0.15, 0.2) is 88.9 Å². The van der Waals surface area contributed by atoms with E-state index in [4.69, 9.17) is 21.1 Å². The summed E-state index contributed by atoms with van der Waals surface area (Å²) in [6, 6.07) is 21.6. The standard InChI is InChI=1S/C27H25ClN4O5S/c1-3-37-25-12-8-7-11-24(25)32(38(34,35)22-9-5-4-6-10-22)18-26(33)31-29-17-20-15-19-13-14-21(36-2)16-23(19)30-27(20)28/h4-17H,3,18H2,1-2H3,(H,31,33)/b29-17-. The molecule has 4 aromatic rings. The third-order valence-electron chi connectivity index (χ3n) is 5.45. The molecule has 4 rings (SSSR count). The molecule has 0 atom stereocenters. The summed E-state index contributed by atoms with van der Waals surface area (Å²) in [5, 5.41) is 4.96. The van der Waals surface area contributed by atoms with Crippen LogP contribution in [0.5, 0.6) is 11.5 Å². The Morgan fingerprint density at radius 1 is 1.08 bits per heavy atom. The topological polar surface area (TPSA) is 110 Å². The molecule has 0 spiro atoms. The summed E-state index contributed by atoms with van der Waals surface area (Å²) in [5.74, 6) is 0.314. The minimum atomic E-state index is -4.10. The van der Waals surface area contributed by atoms with Gasteiger partial charge in [-0.25, -0.2) is 18.8 Å². The molecule has 1 heterocycles. The van der Waals surface area contributed by atoms with Crippen LogP contribution in [0.25, 0.3) is 10.9 Å². The van der Waals surface area contributed by atoms with Crippen LogP contribution in [0.4, 0.5) is 5.69 Å². The highest BCUT2D eigenvalue weighted by Crippen LogP contribution is 2.32. The van der Waals surface area contributed by atoms with E-state index in [9.17, 15) is 13.2 Å². The second kappa shape index (κ2) is 11.9. The number of nitrogens with one attached hydrogen (secondary N) is 1. The molecule has 0 unspecified atom stereocenters. The summed E-state index contributed by atoms with van der Waals surface area (Å²) in [5.41, 5.74) is 3.72. The zero-order valence-corrected chi connectivity index (χ0v) is 22.2. The Morgan fingerprint density at radius 3 is 2.55 bits per heavy atom. The number of benzene rings is 3. The second-order valence-electron chi connectivity index (χ2n) is 7.95. The van der Waals surface area contributed by atoms with E-state index < -0.39 is 22.5 Å². The third kappa shape index (κ3) is 6.04. The van der Waals surface area contributed by atoms with E-state index in [1.165, 1.54) is 18.3 Å². The van der Waals surface area contributed by atoms with Crippen molar-refractivity contribution in [1.82, 2.24) is 10.4 Å². The van der Waals surface area contributed by atoms with Crippen molar-refractivity contribution in [2.75, 3.05) is 24.6 Å². The highest BCUT2D eigenvalue weighted by atomic mass is 35.5. The molecular formula is C27H25ClN4O5S. The number of fused-ring (bicyclic) bond motifs is 1. The Bertz CT molecular complexity index is 1580. The zero-order chi connectivity index (χ0) is 27.1. The van der Waals surface area contributed by atoms with E-state index in [1.54, 1.807) is 74.7 Å². The number of aromatic nitrogens is 1. The van der Waals surface area contributed by atoms with Gasteiger partial charge in [0.05, 0.1) is 36.0 Å². The van der Waals surface area contributed by atoms with Crippen molar-refractivity contribution in [3.05, 3.63) is 89.6 Å². The molecule has 38 heavy (non-hydrogen) atoms. The maximum atomic E-state index is 13.6. The number of anilines is 1. The zero-order valence-electron chi connectivity index (χ0n) is 20.7. The first-order valence-corrected chi connectivity index (χ1v) is 13.4. The Morgan fingerprint density at radius 2 is 1.82 bits per heavy atom. The van der Waals surface area contributed by atoms with Crippen LogP contribution in [0.3, 0.4) is 0 Å². The molecule has 0 aliphatic heterocycles. The van der Waals surface area contributed by atoms with Gasteiger partial charge >= 0.3 is 0 Å². The van der Waals surface area contributed by atoms with Gasteiger partial charge in [-0.1, -0.05) is 41.9 Å². The van der Waals surface area contributed by atoms with Crippen LogP contribution in [0.2, 0.25) is 5.15 Å². The van der Waals surface area contributed by atoms with Gasteiger partial charge in [0.15, 0.2) is 0 Å². The monoisotopic (exact) mass is 552 g/mol. The lowest BCUT2D eigenvalue weighted by Crippen LogP contribution is -2.39. The van der Waals surface area contributed by atoms with Gasteiger partial charge in [0.1, 0.15) is 23.2 Å². The number of carbonyl (C=O) groups excluding carboxylic acids is 1. The maximum absolute atomic E-state index is 13.6. The summed E-state index contributed by atoms with van der Waals surface area (Å²) in [7, 11) is -2.54. The molecule has 0 saturated carbocycles. The number of ether oxygens (including phenoxy) is 2. The van der Waals surface area contributed by atoms with E-state index >= 15 is 0 Å². The smallest absolute Gasteiger partial charge is 0.264 e. The fraction of sp³-hybridized carbons (Fsp3) is 0.148. The lowest BCUT2D eigenvalue weighted by atomic mass is 10.1. The number of methoxy groups -OCH3 is 1. The molecule has 0 saturated heterocycles. The molecule has 3 aromatic carbocycles. The Labute approximate surface area is 225 Å². The average Bonchev–Trinajstić information content (AvgIpc) is 2.92. The molecule has 11 heteroatoms. The summed E-state index contributed by atoms with van der Waals surface area (Å²) in [6.45, 7) is 1.57. The minimum Gasteiger partial charge on any atom is -0.497 e. The van der Waals surface area contributed by atoms with Gasteiger partial charge in [-0.05, 0) is 49.4 Å². The SMILES string of the molecule is CCOc1ccccc1N(CC(=O)N/N=C\c1cc2ccc(OC)cc2nc1Cl)S(=O)(=O)c1ccccc1. The van der Waals surface area contributed by atoms with Crippen molar-refractivity contribution >= 4 is 50.3 Å². The lowest BCUT2D eigenvalue weighted by Gasteiger charge is -2.25. The fourth-order valence-electron chi connectivity index (χ4n) is 3.66. The minimum absolute atomic E-state index is 0.0354. The van der Waals surface area contributed by atoms with Crippen LogP contribution in [0, 0.1) is 0 Å². The van der Waals surface area contributed by atoms with Gasteiger partial charge in [0, 0.05) is 17.0 Å². The molecule has 9 nitrogen and oxygen atoms in total. The number of rotatable bonds is 10. The first-order valence-electron chi connectivity index (χ1n) is 11.6. The van der Waals surface area contributed by atoms with E-state index in [2.05, 4.69) is 15.5 Å². The van der Waals surface area contributed by atoms with Gasteiger partial charge in [0.25, 0.3) is 15.9 Å². The molecule has 1 N–H and O–H groups in total. The lowest BCUT2D eigenvalue weighted by molar-refractivity contribution is -0.119. The second-order valence-corrected chi connectivity index (χ2v) is 10.2. The van der Waals surface area contributed by atoms with Gasteiger partial charge in [-0.15, -0.1) is 0 Å². The van der Waals surface area contributed by atoms with Crippen LogP contribution in [-0.4, -0.2) is 45.8 Å². The van der Waals surface area contributed by atoms with Gasteiger partial charge in [-0.3, -0.25) is 9.10 Å². The van der Waals surface area contributed by atoms with Crippen molar-refractivity contribution in [3.8, 4) is 11.5 Å². The quantitative estimate of drug-likeness (QED) is 0.174. The van der Waals surface area contributed by atoms with Gasteiger partial charge in [-0.2, -0.15) is 5.10 Å². The first kappa shape index (κ1) is 26.9. The van der Waals surface area contributed by atoms with Crippen LogP contribution in [0.1, 0.15) is 12.5 Å². The predicted molar refractivity (Wildman–Crippen MR) is 148 cm³/mol. The highest BCUT2D eigenvalue weighted by molar-refractivity contribution is 7.92. The number of hydrogen-bond acceptors (Lipinski definition) is 7. The predicted octanol–water partition coefficient (Wildman–Crippen LogP) is 4.64. The van der Waals surface area contributed by atoms with E-state index in [0.717, 1.165) is 9.69 Å². The van der Waals surface area contributed by atoms with Crippen molar-refractivity contribution < 1.29 is 22.7 Å². The fourth-order valence-corrected chi connectivity index (χ4v) is 5.30. The summed E-state index contributed by atoms with van der Waals surface area (Å²) in [4.78, 5) is 17.3. The Kier molecular flexibility index (Phi) is 8.45. The Hall–Kier alpha value is -4.15. The number of hydrogen-bond donors (Lipinski definition) is 1.